The Kier molecular flexibility index (Phi) is 3.63. The number of rotatable bonds is 3. The Morgan fingerprint density at radius 1 is 0.958 bits per heavy atom. The van der Waals surface area contributed by atoms with Crippen molar-refractivity contribution in [2.24, 2.45) is 0 Å². The summed E-state index contributed by atoms with van der Waals surface area (Å²) in [7, 11) is -5.77. The summed E-state index contributed by atoms with van der Waals surface area (Å²) in [5.74, 6) is -0.294. The second kappa shape index (κ2) is 5.41. The van der Waals surface area contributed by atoms with Gasteiger partial charge in [-0.25, -0.2) is 4.79 Å². The van der Waals surface area contributed by atoms with Gasteiger partial charge in [0.25, 0.3) is 0 Å². The second-order valence-electron chi connectivity index (χ2n) is 4.60. The Morgan fingerprint density at radius 3 is 2.38 bits per heavy atom. The lowest BCUT2D eigenvalue weighted by Crippen LogP contribution is -2.27. The van der Waals surface area contributed by atoms with Crippen LogP contribution in [0.3, 0.4) is 0 Å². The first-order chi connectivity index (χ1) is 11.2. The standard InChI is InChI=1S/C14H7F3O6S/c15-14(16,17)24(19,20)23-9-5-4-8-6-12(21-11(8)7-9)10-2-1-3-13(18)22-10/h1-7H. The van der Waals surface area contributed by atoms with Crippen LogP contribution in [0.5, 0.6) is 5.75 Å². The minimum absolute atomic E-state index is 0.0615. The number of benzene rings is 1. The zero-order valence-electron chi connectivity index (χ0n) is 11.5. The van der Waals surface area contributed by atoms with Gasteiger partial charge in [-0.2, -0.15) is 21.6 Å². The summed E-state index contributed by atoms with van der Waals surface area (Å²) in [6.45, 7) is 0. The molecule has 3 aromatic rings. The number of fused-ring (bicyclic) bond motifs is 1. The van der Waals surface area contributed by atoms with Gasteiger partial charge in [-0.15, -0.1) is 0 Å². The van der Waals surface area contributed by atoms with Crippen molar-refractivity contribution in [3.63, 3.8) is 0 Å². The molecule has 0 atom stereocenters. The Balaban J connectivity index is 2.00. The molecular weight excluding hydrogens is 353 g/mol. The SMILES string of the molecule is O=c1cccc(-c2cc3ccc(OS(=O)(=O)C(F)(F)F)cc3o2)o1. The number of furan rings is 1. The van der Waals surface area contributed by atoms with Crippen LogP contribution in [-0.2, 0) is 10.1 Å². The van der Waals surface area contributed by atoms with Gasteiger partial charge in [-0.05, 0) is 24.3 Å². The van der Waals surface area contributed by atoms with E-state index >= 15 is 0 Å². The molecule has 24 heavy (non-hydrogen) atoms. The Morgan fingerprint density at radius 2 is 1.71 bits per heavy atom. The number of alkyl halides is 3. The summed E-state index contributed by atoms with van der Waals surface area (Å²) < 4.78 is 73.2. The van der Waals surface area contributed by atoms with Gasteiger partial charge in [0.1, 0.15) is 11.3 Å². The zero-order chi connectivity index (χ0) is 17.5. The molecule has 6 nitrogen and oxygen atoms in total. The Hall–Kier alpha value is -2.75. The fourth-order valence-electron chi connectivity index (χ4n) is 1.88. The van der Waals surface area contributed by atoms with E-state index in [0.717, 1.165) is 12.1 Å². The van der Waals surface area contributed by atoms with Crippen LogP contribution in [0.4, 0.5) is 13.2 Å². The molecule has 0 radical (unpaired) electrons. The lowest BCUT2D eigenvalue weighted by molar-refractivity contribution is -0.0500. The molecule has 2 heterocycles. The van der Waals surface area contributed by atoms with E-state index in [1.165, 1.54) is 30.3 Å². The number of halogens is 3. The third-order valence-electron chi connectivity index (χ3n) is 2.91. The molecule has 0 aliphatic heterocycles. The van der Waals surface area contributed by atoms with E-state index in [1.807, 2.05) is 0 Å². The van der Waals surface area contributed by atoms with E-state index in [2.05, 4.69) is 4.18 Å². The second-order valence-corrected chi connectivity index (χ2v) is 6.14. The highest BCUT2D eigenvalue weighted by atomic mass is 32.2. The molecule has 0 bridgehead atoms. The third kappa shape index (κ3) is 3.00. The maximum absolute atomic E-state index is 12.3. The van der Waals surface area contributed by atoms with Gasteiger partial charge < -0.3 is 13.0 Å². The van der Waals surface area contributed by atoms with Crippen LogP contribution in [0.2, 0.25) is 0 Å². The topological polar surface area (TPSA) is 86.7 Å². The highest BCUT2D eigenvalue weighted by molar-refractivity contribution is 7.88. The lowest BCUT2D eigenvalue weighted by Gasteiger charge is -2.08. The smallest absolute Gasteiger partial charge is 0.453 e. The molecular formula is C14H7F3O6S. The minimum Gasteiger partial charge on any atom is -0.453 e. The minimum atomic E-state index is -5.77. The fraction of sp³-hybridized carbons (Fsp3) is 0.0714. The molecule has 0 saturated heterocycles. The number of hydrogen-bond acceptors (Lipinski definition) is 6. The summed E-state index contributed by atoms with van der Waals surface area (Å²) in [5, 5.41) is 0.452. The monoisotopic (exact) mass is 360 g/mol. The molecule has 0 unspecified atom stereocenters. The molecule has 2 aromatic heterocycles. The van der Waals surface area contributed by atoms with Gasteiger partial charge in [0.05, 0.1) is 0 Å². The molecule has 0 spiro atoms. The summed E-state index contributed by atoms with van der Waals surface area (Å²) in [6.07, 6.45) is 0. The molecule has 126 valence electrons. The van der Waals surface area contributed by atoms with Crippen molar-refractivity contribution in [2.75, 3.05) is 0 Å². The van der Waals surface area contributed by atoms with Crippen molar-refractivity contribution in [3.05, 3.63) is 52.9 Å². The molecule has 3 rings (SSSR count). The molecule has 10 heteroatoms. The van der Waals surface area contributed by atoms with Gasteiger partial charge in [0, 0.05) is 17.5 Å². The van der Waals surface area contributed by atoms with Gasteiger partial charge in [-0.1, -0.05) is 6.07 Å². The summed E-state index contributed by atoms with van der Waals surface area (Å²) in [4.78, 5) is 11.2. The Bertz CT molecular complexity index is 1060. The highest BCUT2D eigenvalue weighted by Gasteiger charge is 2.48. The maximum atomic E-state index is 12.3. The zero-order valence-corrected chi connectivity index (χ0v) is 12.3. The van der Waals surface area contributed by atoms with E-state index in [9.17, 15) is 26.4 Å². The highest BCUT2D eigenvalue weighted by Crippen LogP contribution is 2.32. The van der Waals surface area contributed by atoms with Crippen molar-refractivity contribution >= 4 is 21.1 Å². The molecule has 0 fully saturated rings. The summed E-state index contributed by atoms with van der Waals surface area (Å²) in [6, 6.07) is 8.93. The van der Waals surface area contributed by atoms with Crippen molar-refractivity contribution in [1.29, 1.82) is 0 Å². The third-order valence-corrected chi connectivity index (χ3v) is 3.89. The van der Waals surface area contributed by atoms with Crippen LogP contribution >= 0.6 is 0 Å². The van der Waals surface area contributed by atoms with Crippen LogP contribution < -0.4 is 9.81 Å². The van der Waals surface area contributed by atoms with Crippen molar-refractivity contribution in [2.45, 2.75) is 5.51 Å². The molecule has 0 aliphatic rings. The molecule has 0 aliphatic carbocycles. The predicted octanol–water partition coefficient (Wildman–Crippen LogP) is 3.28. The van der Waals surface area contributed by atoms with E-state index in [1.54, 1.807) is 0 Å². The number of hydrogen-bond donors (Lipinski definition) is 0. The first-order valence-electron chi connectivity index (χ1n) is 6.31. The van der Waals surface area contributed by atoms with Crippen LogP contribution in [0, 0.1) is 0 Å². The van der Waals surface area contributed by atoms with Crippen molar-refractivity contribution < 1.29 is 34.6 Å². The van der Waals surface area contributed by atoms with Gasteiger partial charge in [-0.3, -0.25) is 0 Å². The van der Waals surface area contributed by atoms with Crippen LogP contribution in [0.15, 0.2) is 56.1 Å². The van der Waals surface area contributed by atoms with Gasteiger partial charge in [0.2, 0.25) is 0 Å². The van der Waals surface area contributed by atoms with E-state index in [-0.39, 0.29) is 17.1 Å². The average Bonchev–Trinajstić information content (AvgIpc) is 2.89. The molecule has 1 aromatic carbocycles. The molecule has 0 N–H and O–H groups in total. The van der Waals surface area contributed by atoms with Gasteiger partial charge in [0.15, 0.2) is 11.5 Å². The summed E-state index contributed by atoms with van der Waals surface area (Å²) in [5.41, 5.74) is -6.08. The summed E-state index contributed by atoms with van der Waals surface area (Å²) >= 11 is 0. The molecule has 0 amide bonds. The lowest BCUT2D eigenvalue weighted by atomic mass is 10.2. The van der Waals surface area contributed by atoms with E-state index in [4.69, 9.17) is 8.83 Å². The average molecular weight is 360 g/mol. The van der Waals surface area contributed by atoms with Crippen LogP contribution in [-0.4, -0.2) is 13.9 Å². The first kappa shape index (κ1) is 16.1. The van der Waals surface area contributed by atoms with Gasteiger partial charge >= 0.3 is 21.3 Å². The van der Waals surface area contributed by atoms with E-state index in [0.29, 0.717) is 5.39 Å². The fourth-order valence-corrected chi connectivity index (χ4v) is 2.33. The quantitative estimate of drug-likeness (QED) is 0.526. The normalized spacial score (nSPS) is 12.5. The maximum Gasteiger partial charge on any atom is 0.534 e. The largest absolute Gasteiger partial charge is 0.534 e. The molecule has 0 saturated carbocycles. The van der Waals surface area contributed by atoms with Crippen LogP contribution in [0.25, 0.3) is 22.5 Å². The van der Waals surface area contributed by atoms with Crippen molar-refractivity contribution in [3.8, 4) is 17.3 Å². The Labute approximate surface area is 132 Å². The first-order valence-corrected chi connectivity index (χ1v) is 7.71. The van der Waals surface area contributed by atoms with Crippen molar-refractivity contribution in [1.82, 2.24) is 0 Å². The van der Waals surface area contributed by atoms with Crippen LogP contribution in [0.1, 0.15) is 0 Å². The predicted molar refractivity (Wildman–Crippen MR) is 75.8 cm³/mol. The van der Waals surface area contributed by atoms with E-state index < -0.39 is 27.0 Å².